The summed E-state index contributed by atoms with van der Waals surface area (Å²) >= 11 is 0. The summed E-state index contributed by atoms with van der Waals surface area (Å²) in [5.41, 5.74) is 5.12. The summed E-state index contributed by atoms with van der Waals surface area (Å²) in [7, 11) is 0. The van der Waals surface area contributed by atoms with E-state index < -0.39 is 12.1 Å². The van der Waals surface area contributed by atoms with Gasteiger partial charge in [0.15, 0.2) is 0 Å². The van der Waals surface area contributed by atoms with E-state index in [-0.39, 0.29) is 5.91 Å². The molecule has 0 aromatic heterocycles. The van der Waals surface area contributed by atoms with Crippen LogP contribution in [0.1, 0.15) is 52.4 Å². The molecule has 3 amide bonds. The predicted molar refractivity (Wildman–Crippen MR) is 75.5 cm³/mol. The Morgan fingerprint density at radius 1 is 1.21 bits per heavy atom. The summed E-state index contributed by atoms with van der Waals surface area (Å²) in [6.45, 7) is 4.75. The van der Waals surface area contributed by atoms with Crippen molar-refractivity contribution in [1.29, 1.82) is 0 Å². The molecular formula is C14H27N3O2. The van der Waals surface area contributed by atoms with Gasteiger partial charge in [0, 0.05) is 6.54 Å². The van der Waals surface area contributed by atoms with Crippen molar-refractivity contribution in [3.05, 3.63) is 0 Å². The molecule has 1 saturated carbocycles. The third kappa shape index (κ3) is 6.45. The number of amides is 3. The molecule has 1 rings (SSSR count). The van der Waals surface area contributed by atoms with Crippen molar-refractivity contribution < 1.29 is 9.59 Å². The topological polar surface area (TPSA) is 84.2 Å². The van der Waals surface area contributed by atoms with E-state index in [9.17, 15) is 9.59 Å². The standard InChI is InChI=1S/C14H27N3O2/c1-10(2)8-12(17-14(15)19)13(18)16-9-11-6-4-3-5-7-11/h10-12H,3-9H2,1-2H3,(H,16,18)(H3,15,17,19). The van der Waals surface area contributed by atoms with E-state index in [4.69, 9.17) is 5.73 Å². The average Bonchev–Trinajstić information content (AvgIpc) is 2.35. The Kier molecular flexibility index (Phi) is 6.67. The fraction of sp³-hybridized carbons (Fsp3) is 0.857. The Labute approximate surface area is 115 Å². The lowest BCUT2D eigenvalue weighted by Crippen LogP contribution is -2.50. The Morgan fingerprint density at radius 2 is 1.84 bits per heavy atom. The van der Waals surface area contributed by atoms with Crippen LogP contribution in [0.3, 0.4) is 0 Å². The molecular weight excluding hydrogens is 242 g/mol. The molecule has 0 bridgehead atoms. The lowest BCUT2D eigenvalue weighted by molar-refractivity contribution is -0.123. The maximum atomic E-state index is 12.1. The fourth-order valence-corrected chi connectivity index (χ4v) is 2.63. The van der Waals surface area contributed by atoms with Crippen LogP contribution in [-0.4, -0.2) is 24.5 Å². The first kappa shape index (κ1) is 15.8. The van der Waals surface area contributed by atoms with Crippen LogP contribution >= 0.6 is 0 Å². The minimum atomic E-state index is -0.640. The van der Waals surface area contributed by atoms with Crippen molar-refractivity contribution >= 4 is 11.9 Å². The number of nitrogens with one attached hydrogen (secondary N) is 2. The second kappa shape index (κ2) is 8.02. The molecule has 1 aliphatic rings. The van der Waals surface area contributed by atoms with Crippen molar-refractivity contribution in [2.45, 2.75) is 58.4 Å². The number of urea groups is 1. The van der Waals surface area contributed by atoms with E-state index in [2.05, 4.69) is 10.6 Å². The molecule has 4 N–H and O–H groups in total. The van der Waals surface area contributed by atoms with Gasteiger partial charge in [-0.3, -0.25) is 4.79 Å². The quantitative estimate of drug-likeness (QED) is 0.686. The third-order valence-corrected chi connectivity index (χ3v) is 3.63. The summed E-state index contributed by atoms with van der Waals surface area (Å²) < 4.78 is 0. The van der Waals surface area contributed by atoms with Gasteiger partial charge < -0.3 is 16.4 Å². The van der Waals surface area contributed by atoms with E-state index in [0.29, 0.717) is 24.8 Å². The van der Waals surface area contributed by atoms with Crippen molar-refractivity contribution in [3.8, 4) is 0 Å². The predicted octanol–water partition coefficient (Wildman–Crippen LogP) is 1.77. The summed E-state index contributed by atoms with van der Waals surface area (Å²) in [6, 6.07) is -1.15. The maximum Gasteiger partial charge on any atom is 0.312 e. The number of hydrogen-bond acceptors (Lipinski definition) is 2. The smallest absolute Gasteiger partial charge is 0.312 e. The molecule has 1 unspecified atom stereocenters. The van der Waals surface area contributed by atoms with Gasteiger partial charge in [0.05, 0.1) is 0 Å². The number of rotatable bonds is 6. The number of carbonyl (C=O) groups excluding carboxylic acids is 2. The van der Waals surface area contributed by atoms with Gasteiger partial charge in [0.2, 0.25) is 5.91 Å². The first-order valence-electron chi connectivity index (χ1n) is 7.32. The Hall–Kier alpha value is -1.26. The van der Waals surface area contributed by atoms with Crippen molar-refractivity contribution in [1.82, 2.24) is 10.6 Å². The van der Waals surface area contributed by atoms with E-state index in [0.717, 1.165) is 0 Å². The molecule has 1 atom stereocenters. The first-order valence-corrected chi connectivity index (χ1v) is 7.32. The normalized spacial score (nSPS) is 18.1. The molecule has 1 fully saturated rings. The molecule has 110 valence electrons. The van der Waals surface area contributed by atoms with E-state index in [1.807, 2.05) is 13.8 Å². The average molecular weight is 269 g/mol. The highest BCUT2D eigenvalue weighted by Gasteiger charge is 2.22. The van der Waals surface area contributed by atoms with Gasteiger partial charge in [-0.25, -0.2) is 4.79 Å². The van der Waals surface area contributed by atoms with Gasteiger partial charge in [-0.05, 0) is 31.1 Å². The summed E-state index contributed by atoms with van der Waals surface area (Å²) in [5, 5.41) is 5.48. The Bertz CT molecular complexity index is 299. The molecule has 1 aliphatic carbocycles. The van der Waals surface area contributed by atoms with Gasteiger partial charge in [0.1, 0.15) is 6.04 Å². The third-order valence-electron chi connectivity index (χ3n) is 3.63. The molecule has 0 aliphatic heterocycles. The van der Waals surface area contributed by atoms with Crippen LogP contribution in [0.4, 0.5) is 4.79 Å². The minimum absolute atomic E-state index is 0.113. The van der Waals surface area contributed by atoms with Crippen LogP contribution in [0.2, 0.25) is 0 Å². The van der Waals surface area contributed by atoms with Crippen LogP contribution in [0.15, 0.2) is 0 Å². The number of hydrogen-bond donors (Lipinski definition) is 3. The molecule has 0 aromatic rings. The molecule has 0 spiro atoms. The summed E-state index contributed by atoms with van der Waals surface area (Å²) in [4.78, 5) is 23.0. The maximum absolute atomic E-state index is 12.1. The molecule has 0 radical (unpaired) electrons. The summed E-state index contributed by atoms with van der Waals surface area (Å²) in [6.07, 6.45) is 6.82. The molecule has 19 heavy (non-hydrogen) atoms. The molecule has 5 nitrogen and oxygen atoms in total. The highest BCUT2D eigenvalue weighted by Crippen LogP contribution is 2.22. The van der Waals surface area contributed by atoms with Crippen molar-refractivity contribution in [3.63, 3.8) is 0 Å². The zero-order valence-corrected chi connectivity index (χ0v) is 12.1. The SMILES string of the molecule is CC(C)CC(NC(N)=O)C(=O)NCC1CCCCC1. The lowest BCUT2D eigenvalue weighted by atomic mass is 9.89. The van der Waals surface area contributed by atoms with Gasteiger partial charge in [-0.1, -0.05) is 33.1 Å². The highest BCUT2D eigenvalue weighted by molar-refractivity contribution is 5.86. The zero-order chi connectivity index (χ0) is 14.3. The van der Waals surface area contributed by atoms with Crippen LogP contribution < -0.4 is 16.4 Å². The van der Waals surface area contributed by atoms with Gasteiger partial charge in [-0.15, -0.1) is 0 Å². The van der Waals surface area contributed by atoms with E-state index in [1.165, 1.54) is 32.1 Å². The van der Waals surface area contributed by atoms with Gasteiger partial charge in [-0.2, -0.15) is 0 Å². The zero-order valence-electron chi connectivity index (χ0n) is 12.1. The fourth-order valence-electron chi connectivity index (χ4n) is 2.63. The number of carbonyl (C=O) groups is 2. The van der Waals surface area contributed by atoms with Crippen molar-refractivity contribution in [2.75, 3.05) is 6.54 Å². The van der Waals surface area contributed by atoms with E-state index >= 15 is 0 Å². The second-order valence-corrected chi connectivity index (χ2v) is 5.94. The monoisotopic (exact) mass is 269 g/mol. The molecule has 0 heterocycles. The number of primary amides is 1. The van der Waals surface area contributed by atoms with E-state index in [1.54, 1.807) is 0 Å². The van der Waals surface area contributed by atoms with Gasteiger partial charge in [0.25, 0.3) is 0 Å². The minimum Gasteiger partial charge on any atom is -0.354 e. The largest absolute Gasteiger partial charge is 0.354 e. The Morgan fingerprint density at radius 3 is 2.37 bits per heavy atom. The Balaban J connectivity index is 2.39. The lowest BCUT2D eigenvalue weighted by Gasteiger charge is -2.24. The van der Waals surface area contributed by atoms with Crippen molar-refractivity contribution in [2.24, 2.45) is 17.6 Å². The summed E-state index contributed by atoms with van der Waals surface area (Å²) in [5.74, 6) is 0.807. The van der Waals surface area contributed by atoms with Crippen LogP contribution in [-0.2, 0) is 4.79 Å². The number of nitrogens with two attached hydrogens (primary N) is 1. The first-order chi connectivity index (χ1) is 8.99. The van der Waals surface area contributed by atoms with Crippen LogP contribution in [0.25, 0.3) is 0 Å². The van der Waals surface area contributed by atoms with Crippen LogP contribution in [0.5, 0.6) is 0 Å². The molecule has 0 aromatic carbocycles. The molecule has 5 heteroatoms. The second-order valence-electron chi connectivity index (χ2n) is 5.94. The molecule has 0 saturated heterocycles. The highest BCUT2D eigenvalue weighted by atomic mass is 16.2. The van der Waals surface area contributed by atoms with Gasteiger partial charge >= 0.3 is 6.03 Å². The van der Waals surface area contributed by atoms with Crippen LogP contribution in [0, 0.1) is 11.8 Å².